The van der Waals surface area contributed by atoms with Crippen molar-refractivity contribution in [2.75, 3.05) is 13.2 Å². The molecular weight excluding hydrogens is 805 g/mol. The first-order chi connectivity index (χ1) is 32.0. The fourth-order valence-corrected chi connectivity index (χ4v) is 6.29. The Labute approximate surface area is 397 Å². The molecular formula is C59H90O6. The van der Waals surface area contributed by atoms with Crippen LogP contribution < -0.4 is 0 Å². The average Bonchev–Trinajstić information content (AvgIpc) is 3.30. The number of carbonyl (C=O) groups excluding carboxylic acids is 3. The van der Waals surface area contributed by atoms with Crippen molar-refractivity contribution < 1.29 is 28.6 Å². The number of allylic oxidation sites excluding steroid dienone is 24. The lowest BCUT2D eigenvalue weighted by atomic mass is 10.1. The third-order valence-corrected chi connectivity index (χ3v) is 10.0. The van der Waals surface area contributed by atoms with Crippen molar-refractivity contribution in [3.8, 4) is 0 Å². The monoisotopic (exact) mass is 895 g/mol. The minimum Gasteiger partial charge on any atom is -0.462 e. The van der Waals surface area contributed by atoms with Crippen LogP contribution in [0.1, 0.15) is 188 Å². The molecule has 0 fully saturated rings. The van der Waals surface area contributed by atoms with Gasteiger partial charge in [-0.05, 0) is 83.5 Å². The summed E-state index contributed by atoms with van der Waals surface area (Å²) >= 11 is 0. The number of rotatable bonds is 43. The van der Waals surface area contributed by atoms with Gasteiger partial charge in [0, 0.05) is 19.3 Å². The van der Waals surface area contributed by atoms with E-state index in [1.165, 1.54) is 32.1 Å². The van der Waals surface area contributed by atoms with Gasteiger partial charge in [-0.15, -0.1) is 0 Å². The summed E-state index contributed by atoms with van der Waals surface area (Å²) in [6, 6.07) is 0. The first kappa shape index (κ1) is 60.3. The average molecular weight is 895 g/mol. The van der Waals surface area contributed by atoms with E-state index in [1.54, 1.807) is 0 Å². The summed E-state index contributed by atoms with van der Waals surface area (Å²) in [6.45, 7) is 6.21. The van der Waals surface area contributed by atoms with Gasteiger partial charge in [-0.25, -0.2) is 0 Å². The molecule has 6 heteroatoms. The van der Waals surface area contributed by atoms with Gasteiger partial charge in [-0.3, -0.25) is 14.4 Å². The van der Waals surface area contributed by atoms with Crippen LogP contribution in [-0.2, 0) is 28.6 Å². The topological polar surface area (TPSA) is 78.9 Å². The van der Waals surface area contributed by atoms with Crippen molar-refractivity contribution in [2.24, 2.45) is 0 Å². The second kappa shape index (κ2) is 51.9. The molecule has 362 valence electrons. The molecule has 0 N–H and O–H groups in total. The van der Waals surface area contributed by atoms with Gasteiger partial charge >= 0.3 is 17.9 Å². The number of ether oxygens (including phenoxy) is 3. The van der Waals surface area contributed by atoms with Crippen molar-refractivity contribution in [1.82, 2.24) is 0 Å². The van der Waals surface area contributed by atoms with Crippen molar-refractivity contribution in [3.05, 3.63) is 146 Å². The lowest BCUT2D eigenvalue weighted by Gasteiger charge is -2.18. The van der Waals surface area contributed by atoms with Gasteiger partial charge in [-0.2, -0.15) is 0 Å². The van der Waals surface area contributed by atoms with Crippen molar-refractivity contribution in [3.63, 3.8) is 0 Å². The smallest absolute Gasteiger partial charge is 0.306 e. The van der Waals surface area contributed by atoms with E-state index < -0.39 is 6.10 Å². The van der Waals surface area contributed by atoms with Crippen molar-refractivity contribution >= 4 is 17.9 Å². The zero-order valence-electron chi connectivity index (χ0n) is 41.2. The maximum Gasteiger partial charge on any atom is 0.306 e. The van der Waals surface area contributed by atoms with Gasteiger partial charge < -0.3 is 14.2 Å². The second-order valence-electron chi connectivity index (χ2n) is 16.2. The lowest BCUT2D eigenvalue weighted by molar-refractivity contribution is -0.167. The number of unbranched alkanes of at least 4 members (excludes halogenated alkanes) is 16. The Morgan fingerprint density at radius 1 is 0.338 bits per heavy atom. The molecule has 1 atom stereocenters. The van der Waals surface area contributed by atoms with Gasteiger partial charge in [-0.1, -0.05) is 231 Å². The second-order valence-corrected chi connectivity index (χ2v) is 16.2. The molecule has 0 aromatic heterocycles. The quantitative estimate of drug-likeness (QED) is 0.0199. The predicted octanol–water partition coefficient (Wildman–Crippen LogP) is 16.9. The zero-order valence-corrected chi connectivity index (χ0v) is 41.2. The van der Waals surface area contributed by atoms with Gasteiger partial charge in [0.1, 0.15) is 13.2 Å². The van der Waals surface area contributed by atoms with Crippen molar-refractivity contribution in [2.45, 2.75) is 194 Å². The van der Waals surface area contributed by atoms with Crippen LogP contribution in [0.3, 0.4) is 0 Å². The highest BCUT2D eigenvalue weighted by Crippen LogP contribution is 2.13. The highest BCUT2D eigenvalue weighted by molar-refractivity contribution is 5.71. The molecule has 0 saturated heterocycles. The molecule has 0 aliphatic heterocycles. The fourth-order valence-electron chi connectivity index (χ4n) is 6.29. The number of carbonyl (C=O) groups is 3. The largest absolute Gasteiger partial charge is 0.462 e. The first-order valence-electron chi connectivity index (χ1n) is 25.5. The molecule has 0 heterocycles. The molecule has 0 aromatic rings. The summed E-state index contributed by atoms with van der Waals surface area (Å²) in [7, 11) is 0. The minimum atomic E-state index is -0.821. The van der Waals surface area contributed by atoms with E-state index in [0.717, 1.165) is 109 Å². The maximum absolute atomic E-state index is 12.8. The summed E-state index contributed by atoms with van der Waals surface area (Å²) in [5.41, 5.74) is 0. The number of hydrogen-bond donors (Lipinski definition) is 0. The van der Waals surface area contributed by atoms with Crippen LogP contribution in [0.5, 0.6) is 0 Å². The van der Waals surface area contributed by atoms with Crippen LogP contribution in [0.25, 0.3) is 0 Å². The van der Waals surface area contributed by atoms with E-state index in [9.17, 15) is 14.4 Å². The van der Waals surface area contributed by atoms with Crippen LogP contribution in [0.4, 0.5) is 0 Å². The Morgan fingerprint density at radius 3 is 1.12 bits per heavy atom. The Hall–Kier alpha value is -4.71. The summed E-state index contributed by atoms with van der Waals surface area (Å²) in [4.78, 5) is 38.0. The van der Waals surface area contributed by atoms with Gasteiger partial charge in [0.05, 0.1) is 0 Å². The molecule has 0 bridgehead atoms. The zero-order chi connectivity index (χ0) is 47.2. The number of esters is 3. The molecule has 0 spiro atoms. The standard InChI is InChI=1S/C59H90O6/c1-4-7-10-13-16-19-22-25-28-29-30-32-34-37-40-43-46-49-52-58(61)64-55-56(54-63-57(60)51-48-45-42-39-36-33-27-24-21-18-15-12-9-6-3)65-59(62)53-50-47-44-41-38-35-31-26-23-20-17-14-11-8-5-2/h8-14,16-23,25-26,28-32,35,38,56H,4-7,15,24,27,33-34,36-37,39-55H2,1-3H3/b11-8-,12-9-,13-10-,17-14-,19-16-,21-18-,23-20-,25-22-,29-28-,31-26-,32-30-,38-35-. The molecule has 65 heavy (non-hydrogen) atoms. The third-order valence-electron chi connectivity index (χ3n) is 10.0. The Balaban J connectivity index is 4.56. The fraction of sp³-hybridized carbons (Fsp3) is 0.542. The summed E-state index contributed by atoms with van der Waals surface area (Å²) in [5.74, 6) is -1.00. The molecule has 0 radical (unpaired) electrons. The van der Waals surface area contributed by atoms with E-state index in [4.69, 9.17) is 14.2 Å². The SMILES string of the molecule is CC\C=C/C=C\C=C/C=C\C=C/CCCCCC(=O)OC(COC(=O)CCCCCCC\C=C/C=C\C=C/C=C\C=C/CCC)COC(=O)CCCCCCCCC/C=C\C/C=C\CC. The Morgan fingerprint density at radius 2 is 0.677 bits per heavy atom. The van der Waals surface area contributed by atoms with Crippen LogP contribution in [0, 0.1) is 0 Å². The van der Waals surface area contributed by atoms with E-state index in [0.29, 0.717) is 19.3 Å². The summed E-state index contributed by atoms with van der Waals surface area (Å²) < 4.78 is 16.7. The summed E-state index contributed by atoms with van der Waals surface area (Å²) in [6.07, 6.45) is 73.9. The highest BCUT2D eigenvalue weighted by Gasteiger charge is 2.19. The Kier molecular flexibility index (Phi) is 48.2. The van der Waals surface area contributed by atoms with E-state index >= 15 is 0 Å². The molecule has 0 aromatic carbocycles. The number of hydrogen-bond acceptors (Lipinski definition) is 6. The molecule has 0 saturated carbocycles. The van der Waals surface area contributed by atoms with Crippen LogP contribution in [-0.4, -0.2) is 37.2 Å². The molecule has 0 amide bonds. The minimum absolute atomic E-state index is 0.115. The van der Waals surface area contributed by atoms with E-state index in [1.807, 2.05) is 85.1 Å². The van der Waals surface area contributed by atoms with E-state index in [-0.39, 0.29) is 37.5 Å². The van der Waals surface area contributed by atoms with E-state index in [2.05, 4.69) is 81.5 Å². The van der Waals surface area contributed by atoms with Crippen LogP contribution in [0.15, 0.2) is 146 Å². The van der Waals surface area contributed by atoms with Crippen LogP contribution in [0.2, 0.25) is 0 Å². The molecule has 6 nitrogen and oxygen atoms in total. The highest BCUT2D eigenvalue weighted by atomic mass is 16.6. The molecule has 0 aliphatic rings. The van der Waals surface area contributed by atoms with Crippen molar-refractivity contribution in [1.29, 1.82) is 0 Å². The summed E-state index contributed by atoms with van der Waals surface area (Å²) in [5, 5.41) is 0. The molecule has 1 unspecified atom stereocenters. The van der Waals surface area contributed by atoms with Gasteiger partial charge in [0.15, 0.2) is 6.10 Å². The lowest BCUT2D eigenvalue weighted by Crippen LogP contribution is -2.30. The Bertz CT molecular complexity index is 1490. The normalized spacial score (nSPS) is 13.3. The van der Waals surface area contributed by atoms with Gasteiger partial charge in [0.25, 0.3) is 0 Å². The predicted molar refractivity (Wildman–Crippen MR) is 279 cm³/mol. The first-order valence-corrected chi connectivity index (χ1v) is 25.5. The van der Waals surface area contributed by atoms with Crippen LogP contribution >= 0.6 is 0 Å². The third kappa shape index (κ3) is 50.2. The molecule has 0 rings (SSSR count). The maximum atomic E-state index is 12.8. The van der Waals surface area contributed by atoms with Gasteiger partial charge in [0.2, 0.25) is 0 Å². The molecule has 0 aliphatic carbocycles.